The Morgan fingerprint density at radius 1 is 1.13 bits per heavy atom. The minimum absolute atomic E-state index is 0.247. The number of amides is 1. The molecule has 0 aliphatic heterocycles. The van der Waals surface area contributed by atoms with Gasteiger partial charge in [0.05, 0.1) is 0 Å². The summed E-state index contributed by atoms with van der Waals surface area (Å²) in [7, 11) is 0. The van der Waals surface area contributed by atoms with E-state index in [2.05, 4.69) is 41.3 Å². The van der Waals surface area contributed by atoms with Gasteiger partial charge in [0.25, 0.3) is 5.91 Å². The highest BCUT2D eigenvalue weighted by atomic mass is 16.1. The predicted octanol–water partition coefficient (Wildman–Crippen LogP) is 3.45. The molecule has 2 rings (SSSR count). The Labute approximate surface area is 136 Å². The molecule has 0 unspecified atom stereocenters. The SMILES string of the molecule is C=CCNc1ccc(C(=O)Nc2c(CC)cccc2CC)nn1. The first-order valence-electron chi connectivity index (χ1n) is 7.80. The van der Waals surface area contributed by atoms with Crippen LogP contribution in [0.3, 0.4) is 0 Å². The number of nitrogens with one attached hydrogen (secondary N) is 2. The monoisotopic (exact) mass is 310 g/mol. The van der Waals surface area contributed by atoms with Crippen molar-refractivity contribution >= 4 is 17.4 Å². The molecule has 0 spiro atoms. The zero-order valence-corrected chi connectivity index (χ0v) is 13.6. The molecule has 0 fully saturated rings. The maximum atomic E-state index is 12.4. The summed E-state index contributed by atoms with van der Waals surface area (Å²) in [6.45, 7) is 8.37. The summed E-state index contributed by atoms with van der Waals surface area (Å²) in [5.41, 5.74) is 3.42. The van der Waals surface area contributed by atoms with Gasteiger partial charge in [-0.2, -0.15) is 0 Å². The summed E-state index contributed by atoms with van der Waals surface area (Å²) in [6, 6.07) is 9.48. The minimum Gasteiger partial charge on any atom is -0.365 e. The Hall–Kier alpha value is -2.69. The molecular formula is C18H22N4O. The maximum Gasteiger partial charge on any atom is 0.276 e. The Kier molecular flexibility index (Phi) is 5.86. The van der Waals surface area contributed by atoms with Gasteiger partial charge < -0.3 is 10.6 Å². The number of aromatic nitrogens is 2. The molecule has 0 radical (unpaired) electrons. The van der Waals surface area contributed by atoms with Gasteiger partial charge in [-0.1, -0.05) is 38.1 Å². The number of carbonyl (C=O) groups excluding carboxylic acids is 1. The van der Waals surface area contributed by atoms with E-state index in [0.717, 1.165) is 29.7 Å². The van der Waals surface area contributed by atoms with E-state index in [1.54, 1.807) is 18.2 Å². The molecule has 0 saturated carbocycles. The molecule has 1 aromatic heterocycles. The highest BCUT2D eigenvalue weighted by Crippen LogP contribution is 2.23. The second-order valence-corrected chi connectivity index (χ2v) is 5.09. The fraction of sp³-hybridized carbons (Fsp3) is 0.278. The fourth-order valence-electron chi connectivity index (χ4n) is 2.31. The highest BCUT2D eigenvalue weighted by Gasteiger charge is 2.13. The lowest BCUT2D eigenvalue weighted by Gasteiger charge is -2.14. The molecule has 0 bridgehead atoms. The molecule has 5 nitrogen and oxygen atoms in total. The van der Waals surface area contributed by atoms with Gasteiger partial charge in [-0.25, -0.2) is 0 Å². The lowest BCUT2D eigenvalue weighted by atomic mass is 10.0. The number of rotatable bonds is 7. The van der Waals surface area contributed by atoms with Gasteiger partial charge in [0.2, 0.25) is 0 Å². The predicted molar refractivity (Wildman–Crippen MR) is 93.9 cm³/mol. The zero-order valence-electron chi connectivity index (χ0n) is 13.6. The second-order valence-electron chi connectivity index (χ2n) is 5.09. The molecule has 23 heavy (non-hydrogen) atoms. The van der Waals surface area contributed by atoms with Crippen molar-refractivity contribution in [2.75, 3.05) is 17.2 Å². The molecule has 0 atom stereocenters. The third-order valence-corrected chi connectivity index (χ3v) is 3.56. The van der Waals surface area contributed by atoms with Gasteiger partial charge >= 0.3 is 0 Å². The van der Waals surface area contributed by atoms with Gasteiger partial charge in [0.1, 0.15) is 5.82 Å². The van der Waals surface area contributed by atoms with Gasteiger partial charge in [-0.15, -0.1) is 16.8 Å². The summed E-state index contributed by atoms with van der Waals surface area (Å²) in [5, 5.41) is 14.0. The number of anilines is 2. The minimum atomic E-state index is -0.247. The normalized spacial score (nSPS) is 10.2. The molecule has 0 aliphatic rings. The van der Waals surface area contributed by atoms with Crippen LogP contribution in [0.2, 0.25) is 0 Å². The van der Waals surface area contributed by atoms with Crippen molar-refractivity contribution in [3.05, 3.63) is 59.8 Å². The summed E-state index contributed by atoms with van der Waals surface area (Å²) < 4.78 is 0. The van der Waals surface area contributed by atoms with E-state index in [-0.39, 0.29) is 5.91 Å². The quantitative estimate of drug-likeness (QED) is 0.769. The van der Waals surface area contributed by atoms with E-state index in [1.807, 2.05) is 18.2 Å². The number of para-hydroxylation sites is 1. The second kappa shape index (κ2) is 8.08. The van der Waals surface area contributed by atoms with Crippen LogP contribution in [0.4, 0.5) is 11.5 Å². The first kappa shape index (κ1) is 16.7. The average Bonchev–Trinajstić information content (AvgIpc) is 2.60. The molecule has 2 aromatic rings. The van der Waals surface area contributed by atoms with E-state index in [9.17, 15) is 4.79 Å². The highest BCUT2D eigenvalue weighted by molar-refractivity contribution is 6.03. The van der Waals surface area contributed by atoms with Crippen molar-refractivity contribution in [2.24, 2.45) is 0 Å². The van der Waals surface area contributed by atoms with Crippen molar-refractivity contribution < 1.29 is 4.79 Å². The number of aryl methyl sites for hydroxylation is 2. The number of hydrogen-bond acceptors (Lipinski definition) is 4. The van der Waals surface area contributed by atoms with Crippen LogP contribution in [0.5, 0.6) is 0 Å². The fourth-order valence-corrected chi connectivity index (χ4v) is 2.31. The largest absolute Gasteiger partial charge is 0.365 e. The van der Waals surface area contributed by atoms with Crippen LogP contribution in [0, 0.1) is 0 Å². The van der Waals surface area contributed by atoms with E-state index in [0.29, 0.717) is 18.1 Å². The van der Waals surface area contributed by atoms with Crippen molar-refractivity contribution in [2.45, 2.75) is 26.7 Å². The van der Waals surface area contributed by atoms with Crippen LogP contribution in [-0.4, -0.2) is 22.6 Å². The van der Waals surface area contributed by atoms with Gasteiger partial charge in [-0.3, -0.25) is 4.79 Å². The molecule has 1 heterocycles. The Morgan fingerprint density at radius 3 is 2.35 bits per heavy atom. The van der Waals surface area contributed by atoms with Crippen molar-refractivity contribution in [3.8, 4) is 0 Å². The van der Waals surface area contributed by atoms with E-state index in [4.69, 9.17) is 0 Å². The Balaban J connectivity index is 2.17. The summed E-state index contributed by atoms with van der Waals surface area (Å²) in [6.07, 6.45) is 3.45. The lowest BCUT2D eigenvalue weighted by molar-refractivity contribution is 0.102. The number of nitrogens with zero attached hydrogens (tertiary/aromatic N) is 2. The van der Waals surface area contributed by atoms with Crippen LogP contribution in [0.15, 0.2) is 43.0 Å². The number of hydrogen-bond donors (Lipinski definition) is 2. The number of benzene rings is 1. The standard InChI is InChI=1S/C18H22N4O/c1-4-12-19-16-11-10-15(21-22-16)18(23)20-17-13(5-2)8-7-9-14(17)6-3/h4,7-11H,1,5-6,12H2,2-3H3,(H,19,22)(H,20,23). The van der Waals surface area contributed by atoms with Crippen LogP contribution < -0.4 is 10.6 Å². The molecule has 0 aliphatic carbocycles. The molecule has 1 aromatic carbocycles. The van der Waals surface area contributed by atoms with E-state index in [1.165, 1.54) is 0 Å². The van der Waals surface area contributed by atoms with Crippen LogP contribution in [0.1, 0.15) is 35.5 Å². The molecule has 1 amide bonds. The molecule has 2 N–H and O–H groups in total. The van der Waals surface area contributed by atoms with Gasteiger partial charge in [0.15, 0.2) is 5.69 Å². The average molecular weight is 310 g/mol. The smallest absolute Gasteiger partial charge is 0.276 e. The van der Waals surface area contributed by atoms with E-state index >= 15 is 0 Å². The van der Waals surface area contributed by atoms with Crippen molar-refractivity contribution in [3.63, 3.8) is 0 Å². The first-order valence-corrected chi connectivity index (χ1v) is 7.80. The third-order valence-electron chi connectivity index (χ3n) is 3.56. The third kappa shape index (κ3) is 4.16. The topological polar surface area (TPSA) is 66.9 Å². The van der Waals surface area contributed by atoms with Crippen LogP contribution in [0.25, 0.3) is 0 Å². The van der Waals surface area contributed by atoms with Crippen molar-refractivity contribution in [1.29, 1.82) is 0 Å². The molecule has 5 heteroatoms. The van der Waals surface area contributed by atoms with Crippen LogP contribution in [-0.2, 0) is 12.8 Å². The van der Waals surface area contributed by atoms with Gasteiger partial charge in [-0.05, 0) is 36.1 Å². The molecular weight excluding hydrogens is 288 g/mol. The summed E-state index contributed by atoms with van der Waals surface area (Å²) in [5.74, 6) is 0.369. The first-order chi connectivity index (χ1) is 11.2. The number of carbonyl (C=O) groups is 1. The lowest BCUT2D eigenvalue weighted by Crippen LogP contribution is -2.17. The maximum absolute atomic E-state index is 12.4. The molecule has 120 valence electrons. The van der Waals surface area contributed by atoms with Crippen LogP contribution >= 0.6 is 0 Å². The summed E-state index contributed by atoms with van der Waals surface area (Å²) in [4.78, 5) is 12.4. The Morgan fingerprint density at radius 2 is 1.83 bits per heavy atom. The zero-order chi connectivity index (χ0) is 16.7. The summed E-state index contributed by atoms with van der Waals surface area (Å²) >= 11 is 0. The van der Waals surface area contributed by atoms with Gasteiger partial charge in [0, 0.05) is 12.2 Å². The Bertz CT molecular complexity index is 658. The van der Waals surface area contributed by atoms with Crippen molar-refractivity contribution in [1.82, 2.24) is 10.2 Å². The van der Waals surface area contributed by atoms with E-state index < -0.39 is 0 Å². The molecule has 0 saturated heterocycles.